The molecule has 1 aromatic rings. The van der Waals surface area contributed by atoms with E-state index in [0.29, 0.717) is 35.7 Å². The van der Waals surface area contributed by atoms with E-state index in [9.17, 15) is 5.11 Å². The van der Waals surface area contributed by atoms with Gasteiger partial charge in [-0.1, -0.05) is 0 Å². The minimum Gasteiger partial charge on any atom is -0.497 e. The molecule has 0 radical (unpaired) electrons. The first-order valence-electron chi connectivity index (χ1n) is 4.66. The molecule has 2 rings (SSSR count). The van der Waals surface area contributed by atoms with E-state index < -0.39 is 5.60 Å². The summed E-state index contributed by atoms with van der Waals surface area (Å²) in [5.74, 6) is 0.673. The van der Waals surface area contributed by atoms with E-state index in [2.05, 4.69) is 20.9 Å². The third-order valence-electron chi connectivity index (χ3n) is 2.48. The fraction of sp³-hybridized carbons (Fsp3) is 0.500. The molecule has 0 bridgehead atoms. The maximum atomic E-state index is 10.2. The van der Waals surface area contributed by atoms with Crippen LogP contribution in [0.25, 0.3) is 0 Å². The van der Waals surface area contributed by atoms with E-state index >= 15 is 0 Å². The van der Waals surface area contributed by atoms with Crippen LogP contribution in [0.15, 0.2) is 16.7 Å². The smallest absolute Gasteiger partial charge is 0.132 e. The maximum Gasteiger partial charge on any atom is 0.132 e. The zero-order valence-electron chi connectivity index (χ0n) is 8.36. The number of halogens is 1. The lowest BCUT2D eigenvalue weighted by Crippen LogP contribution is -2.27. The minimum atomic E-state index is -0.975. The number of rotatable bonds is 2. The van der Waals surface area contributed by atoms with Crippen molar-refractivity contribution in [2.45, 2.75) is 12.0 Å². The molecule has 0 saturated carbocycles. The van der Waals surface area contributed by atoms with Gasteiger partial charge in [-0.25, -0.2) is 4.98 Å². The van der Waals surface area contributed by atoms with Gasteiger partial charge in [-0.3, -0.25) is 0 Å². The van der Waals surface area contributed by atoms with E-state index in [-0.39, 0.29) is 0 Å². The molecule has 0 spiro atoms. The largest absolute Gasteiger partial charge is 0.497 e. The van der Waals surface area contributed by atoms with E-state index in [1.807, 2.05) is 0 Å². The van der Waals surface area contributed by atoms with Crippen LogP contribution in [0.3, 0.4) is 0 Å². The van der Waals surface area contributed by atoms with Crippen LogP contribution in [0, 0.1) is 0 Å². The van der Waals surface area contributed by atoms with Crippen molar-refractivity contribution in [3.8, 4) is 5.75 Å². The number of hydrogen-bond donors (Lipinski definition) is 1. The monoisotopic (exact) mass is 273 g/mol. The Hall–Kier alpha value is -0.650. The third kappa shape index (κ3) is 2.14. The van der Waals surface area contributed by atoms with Crippen molar-refractivity contribution in [2.24, 2.45) is 0 Å². The van der Waals surface area contributed by atoms with E-state index in [0.717, 1.165) is 0 Å². The van der Waals surface area contributed by atoms with Crippen molar-refractivity contribution < 1.29 is 14.6 Å². The van der Waals surface area contributed by atoms with Crippen LogP contribution < -0.4 is 4.74 Å². The molecule has 4 nitrogen and oxygen atoms in total. The van der Waals surface area contributed by atoms with Crippen LogP contribution >= 0.6 is 15.9 Å². The van der Waals surface area contributed by atoms with Gasteiger partial charge < -0.3 is 14.6 Å². The van der Waals surface area contributed by atoms with Crippen molar-refractivity contribution in [1.82, 2.24) is 4.98 Å². The van der Waals surface area contributed by atoms with Crippen LogP contribution in [0.1, 0.15) is 12.1 Å². The standard InChI is InChI=1S/C10H12BrNO3/c1-14-7-4-8(12-9(11)5-7)10(13)2-3-15-6-10/h4-5,13H,2-3,6H2,1H3. The normalized spacial score (nSPS) is 25.5. The fourth-order valence-electron chi connectivity index (χ4n) is 1.59. The zero-order valence-corrected chi connectivity index (χ0v) is 9.95. The highest BCUT2D eigenvalue weighted by Gasteiger charge is 2.36. The average Bonchev–Trinajstić information content (AvgIpc) is 2.65. The third-order valence-corrected chi connectivity index (χ3v) is 2.89. The van der Waals surface area contributed by atoms with Gasteiger partial charge in [0.2, 0.25) is 0 Å². The first kappa shape index (κ1) is 10.9. The van der Waals surface area contributed by atoms with Gasteiger partial charge in [0.15, 0.2) is 0 Å². The van der Waals surface area contributed by atoms with E-state index in [1.165, 1.54) is 0 Å². The Bertz CT molecular complexity index is 364. The Morgan fingerprint density at radius 1 is 1.60 bits per heavy atom. The number of methoxy groups -OCH3 is 1. The van der Waals surface area contributed by atoms with Crippen molar-refractivity contribution in [3.05, 3.63) is 22.4 Å². The van der Waals surface area contributed by atoms with Gasteiger partial charge in [-0.15, -0.1) is 0 Å². The van der Waals surface area contributed by atoms with Gasteiger partial charge in [0.25, 0.3) is 0 Å². The fourth-order valence-corrected chi connectivity index (χ4v) is 2.00. The highest BCUT2D eigenvalue weighted by atomic mass is 79.9. The molecule has 1 fully saturated rings. The molecule has 1 N–H and O–H groups in total. The number of aromatic nitrogens is 1. The minimum absolute atomic E-state index is 0.291. The molecule has 5 heteroatoms. The first-order valence-corrected chi connectivity index (χ1v) is 5.45. The van der Waals surface area contributed by atoms with Gasteiger partial charge >= 0.3 is 0 Å². The zero-order chi connectivity index (χ0) is 10.9. The Morgan fingerprint density at radius 3 is 3.00 bits per heavy atom. The van der Waals surface area contributed by atoms with Gasteiger partial charge in [0.1, 0.15) is 16.0 Å². The topological polar surface area (TPSA) is 51.6 Å². The van der Waals surface area contributed by atoms with Gasteiger partial charge in [0, 0.05) is 25.2 Å². The van der Waals surface area contributed by atoms with Crippen LogP contribution in [0.2, 0.25) is 0 Å². The Labute approximate surface area is 96.4 Å². The molecule has 1 unspecified atom stereocenters. The van der Waals surface area contributed by atoms with E-state index in [1.54, 1.807) is 19.2 Å². The molecule has 1 aromatic heterocycles. The molecule has 1 aliphatic heterocycles. The van der Waals surface area contributed by atoms with Crippen LogP contribution in [0.5, 0.6) is 5.75 Å². The average molecular weight is 274 g/mol. The number of ether oxygens (including phenoxy) is 2. The summed E-state index contributed by atoms with van der Waals surface area (Å²) in [5, 5.41) is 10.2. The highest BCUT2D eigenvalue weighted by molar-refractivity contribution is 9.10. The number of hydrogen-bond acceptors (Lipinski definition) is 4. The van der Waals surface area contributed by atoms with Gasteiger partial charge in [-0.05, 0) is 15.9 Å². The lowest BCUT2D eigenvalue weighted by atomic mass is 9.98. The number of aliphatic hydroxyl groups is 1. The second kappa shape index (κ2) is 4.08. The molecular weight excluding hydrogens is 262 g/mol. The summed E-state index contributed by atoms with van der Waals surface area (Å²) in [6.07, 6.45) is 0.569. The summed E-state index contributed by atoms with van der Waals surface area (Å²) in [6.45, 7) is 0.854. The van der Waals surface area contributed by atoms with Crippen LogP contribution in [-0.4, -0.2) is 30.4 Å². The molecule has 0 aliphatic carbocycles. The molecule has 15 heavy (non-hydrogen) atoms. The summed E-state index contributed by atoms with van der Waals surface area (Å²) in [7, 11) is 1.58. The second-order valence-electron chi connectivity index (χ2n) is 3.55. The summed E-state index contributed by atoms with van der Waals surface area (Å²) in [6, 6.07) is 3.49. The predicted octanol–water partition coefficient (Wildman–Crippen LogP) is 1.46. The highest BCUT2D eigenvalue weighted by Crippen LogP contribution is 2.32. The molecule has 1 aliphatic rings. The van der Waals surface area contributed by atoms with Gasteiger partial charge in [0.05, 0.1) is 19.4 Å². The quantitative estimate of drug-likeness (QED) is 0.829. The summed E-state index contributed by atoms with van der Waals surface area (Å²) in [5.41, 5.74) is -0.386. The van der Waals surface area contributed by atoms with Crippen LogP contribution in [0.4, 0.5) is 0 Å². The van der Waals surface area contributed by atoms with Gasteiger partial charge in [-0.2, -0.15) is 0 Å². The molecule has 0 amide bonds. The number of pyridine rings is 1. The molecule has 1 saturated heterocycles. The molecule has 82 valence electrons. The van der Waals surface area contributed by atoms with Crippen LogP contribution in [-0.2, 0) is 10.3 Å². The molecule has 1 atom stereocenters. The van der Waals surface area contributed by atoms with Crippen molar-refractivity contribution >= 4 is 15.9 Å². The van der Waals surface area contributed by atoms with Crippen molar-refractivity contribution in [2.75, 3.05) is 20.3 Å². The number of nitrogens with zero attached hydrogens (tertiary/aromatic N) is 1. The maximum absolute atomic E-state index is 10.2. The van der Waals surface area contributed by atoms with E-state index in [4.69, 9.17) is 9.47 Å². The second-order valence-corrected chi connectivity index (χ2v) is 4.36. The first-order chi connectivity index (χ1) is 7.14. The van der Waals surface area contributed by atoms with Crippen molar-refractivity contribution in [1.29, 1.82) is 0 Å². The Kier molecular flexibility index (Phi) is 2.95. The predicted molar refractivity (Wildman–Crippen MR) is 57.8 cm³/mol. The Balaban J connectivity index is 2.38. The molecule has 0 aromatic carbocycles. The Morgan fingerprint density at radius 2 is 2.40 bits per heavy atom. The lowest BCUT2D eigenvalue weighted by Gasteiger charge is -2.20. The molecular formula is C10H12BrNO3. The summed E-state index contributed by atoms with van der Waals surface area (Å²) in [4.78, 5) is 4.24. The SMILES string of the molecule is COc1cc(Br)nc(C2(O)CCOC2)c1. The van der Waals surface area contributed by atoms with Crippen molar-refractivity contribution in [3.63, 3.8) is 0 Å². The summed E-state index contributed by atoms with van der Waals surface area (Å²) < 4.78 is 11.0. The molecule has 2 heterocycles. The lowest BCUT2D eigenvalue weighted by molar-refractivity contribution is 0.0191. The summed E-state index contributed by atoms with van der Waals surface area (Å²) >= 11 is 3.28.